The van der Waals surface area contributed by atoms with Crippen molar-refractivity contribution in [1.82, 2.24) is 25.3 Å². The van der Waals surface area contributed by atoms with Crippen LogP contribution in [0.1, 0.15) is 35.9 Å². The van der Waals surface area contributed by atoms with Crippen LogP contribution >= 0.6 is 0 Å². The molecule has 0 atom stereocenters. The maximum Gasteiger partial charge on any atom is 0.198 e. The Balaban J connectivity index is 2.27. The van der Waals surface area contributed by atoms with Crippen LogP contribution in [0.25, 0.3) is 11.6 Å². The molecule has 0 bridgehead atoms. The third kappa shape index (κ3) is 3.36. The molecule has 0 saturated carbocycles. The van der Waals surface area contributed by atoms with Gasteiger partial charge in [-0.05, 0) is 39.3 Å². The number of aryl methyl sites for hydroxylation is 3. The maximum atomic E-state index is 4.54. The van der Waals surface area contributed by atoms with Crippen molar-refractivity contribution in [1.29, 1.82) is 0 Å². The first kappa shape index (κ1) is 14.5. The van der Waals surface area contributed by atoms with E-state index in [0.29, 0.717) is 11.6 Å². The zero-order chi connectivity index (χ0) is 14.5. The molecule has 2 heterocycles. The summed E-state index contributed by atoms with van der Waals surface area (Å²) in [5, 5.41) is 3.39. The van der Waals surface area contributed by atoms with Gasteiger partial charge in [-0.3, -0.25) is 0 Å². The van der Waals surface area contributed by atoms with Crippen molar-refractivity contribution in [3.8, 4) is 11.6 Å². The molecule has 20 heavy (non-hydrogen) atoms. The summed E-state index contributed by atoms with van der Waals surface area (Å²) in [4.78, 5) is 17.6. The quantitative estimate of drug-likeness (QED) is 0.846. The standard InChI is InChI=1S/C15H21N5/c1-5-6-16-9-13-11(3)19-15(20-12(13)4)14-17-7-10(2)8-18-14/h7-8,16H,5-6,9H2,1-4H3. The summed E-state index contributed by atoms with van der Waals surface area (Å²) < 4.78 is 0. The first-order valence-corrected chi connectivity index (χ1v) is 6.95. The first-order valence-electron chi connectivity index (χ1n) is 6.95. The van der Waals surface area contributed by atoms with E-state index in [-0.39, 0.29) is 0 Å². The topological polar surface area (TPSA) is 63.6 Å². The Morgan fingerprint density at radius 2 is 1.55 bits per heavy atom. The summed E-state index contributed by atoms with van der Waals surface area (Å²) in [5.74, 6) is 1.18. The van der Waals surface area contributed by atoms with Crippen LogP contribution in [-0.2, 0) is 6.54 Å². The van der Waals surface area contributed by atoms with Crippen LogP contribution in [0.5, 0.6) is 0 Å². The average Bonchev–Trinajstić information content (AvgIpc) is 2.42. The van der Waals surface area contributed by atoms with E-state index in [9.17, 15) is 0 Å². The predicted molar refractivity (Wildman–Crippen MR) is 79.3 cm³/mol. The summed E-state index contributed by atoms with van der Waals surface area (Å²) in [6, 6.07) is 0. The van der Waals surface area contributed by atoms with Crippen molar-refractivity contribution in [2.45, 2.75) is 40.7 Å². The van der Waals surface area contributed by atoms with Crippen molar-refractivity contribution in [2.75, 3.05) is 6.54 Å². The lowest BCUT2D eigenvalue weighted by Crippen LogP contribution is -2.17. The molecule has 0 saturated heterocycles. The molecule has 2 aromatic rings. The van der Waals surface area contributed by atoms with Crippen molar-refractivity contribution in [2.24, 2.45) is 0 Å². The highest BCUT2D eigenvalue weighted by Gasteiger charge is 2.11. The second kappa shape index (κ2) is 6.52. The maximum absolute atomic E-state index is 4.54. The molecule has 2 rings (SSSR count). The Morgan fingerprint density at radius 3 is 2.10 bits per heavy atom. The number of nitrogens with one attached hydrogen (secondary N) is 1. The minimum atomic E-state index is 0.579. The van der Waals surface area contributed by atoms with E-state index in [1.165, 1.54) is 0 Å². The zero-order valence-electron chi connectivity index (χ0n) is 12.6. The van der Waals surface area contributed by atoms with Crippen LogP contribution in [0.3, 0.4) is 0 Å². The van der Waals surface area contributed by atoms with Crippen LogP contribution in [0.2, 0.25) is 0 Å². The second-order valence-corrected chi connectivity index (χ2v) is 4.96. The van der Waals surface area contributed by atoms with Gasteiger partial charge in [0.15, 0.2) is 11.6 Å². The molecule has 1 N–H and O–H groups in total. The second-order valence-electron chi connectivity index (χ2n) is 4.96. The Kier molecular flexibility index (Phi) is 4.74. The van der Waals surface area contributed by atoms with Gasteiger partial charge in [-0.25, -0.2) is 19.9 Å². The van der Waals surface area contributed by atoms with E-state index in [1.54, 1.807) is 12.4 Å². The van der Waals surface area contributed by atoms with Crippen LogP contribution in [0.15, 0.2) is 12.4 Å². The van der Waals surface area contributed by atoms with Gasteiger partial charge in [-0.15, -0.1) is 0 Å². The van der Waals surface area contributed by atoms with Crippen molar-refractivity contribution in [3.63, 3.8) is 0 Å². The third-order valence-corrected chi connectivity index (χ3v) is 3.13. The molecule has 106 valence electrons. The molecule has 5 heteroatoms. The smallest absolute Gasteiger partial charge is 0.198 e. The SMILES string of the molecule is CCCNCc1c(C)nc(-c2ncc(C)cn2)nc1C. The van der Waals surface area contributed by atoms with Gasteiger partial charge in [-0.2, -0.15) is 0 Å². The average molecular weight is 271 g/mol. The van der Waals surface area contributed by atoms with E-state index in [1.807, 2.05) is 20.8 Å². The van der Waals surface area contributed by atoms with Crippen LogP contribution in [0, 0.1) is 20.8 Å². The molecule has 0 spiro atoms. The third-order valence-electron chi connectivity index (χ3n) is 3.13. The Hall–Kier alpha value is -1.88. The monoisotopic (exact) mass is 271 g/mol. The largest absolute Gasteiger partial charge is 0.313 e. The first-order chi connectivity index (χ1) is 9.61. The minimum absolute atomic E-state index is 0.579. The number of hydrogen-bond acceptors (Lipinski definition) is 5. The molecule has 0 aromatic carbocycles. The van der Waals surface area contributed by atoms with Gasteiger partial charge in [0.2, 0.25) is 0 Å². The highest BCUT2D eigenvalue weighted by atomic mass is 15.0. The van der Waals surface area contributed by atoms with E-state index < -0.39 is 0 Å². The van der Waals surface area contributed by atoms with E-state index >= 15 is 0 Å². The fourth-order valence-corrected chi connectivity index (χ4v) is 1.99. The summed E-state index contributed by atoms with van der Waals surface area (Å²) in [7, 11) is 0. The lowest BCUT2D eigenvalue weighted by Gasteiger charge is -2.11. The lowest BCUT2D eigenvalue weighted by atomic mass is 10.1. The summed E-state index contributed by atoms with van der Waals surface area (Å²) >= 11 is 0. The zero-order valence-corrected chi connectivity index (χ0v) is 12.6. The van der Waals surface area contributed by atoms with Gasteiger partial charge in [-0.1, -0.05) is 6.92 Å². The van der Waals surface area contributed by atoms with Crippen molar-refractivity contribution in [3.05, 3.63) is 34.9 Å². The summed E-state index contributed by atoms with van der Waals surface area (Å²) in [5.41, 5.74) is 4.16. The number of rotatable bonds is 5. The van der Waals surface area contributed by atoms with E-state index in [4.69, 9.17) is 0 Å². The van der Waals surface area contributed by atoms with Gasteiger partial charge in [0.1, 0.15) is 0 Å². The highest BCUT2D eigenvalue weighted by molar-refractivity contribution is 5.45. The number of aromatic nitrogens is 4. The molecular formula is C15H21N5. The molecule has 0 aliphatic heterocycles. The Morgan fingerprint density at radius 1 is 0.950 bits per heavy atom. The fraction of sp³-hybridized carbons (Fsp3) is 0.467. The fourth-order valence-electron chi connectivity index (χ4n) is 1.99. The molecule has 5 nitrogen and oxygen atoms in total. The normalized spacial score (nSPS) is 10.8. The summed E-state index contributed by atoms with van der Waals surface area (Å²) in [6.45, 7) is 9.94. The minimum Gasteiger partial charge on any atom is -0.313 e. The van der Waals surface area contributed by atoms with E-state index in [0.717, 1.165) is 42.0 Å². The lowest BCUT2D eigenvalue weighted by molar-refractivity contribution is 0.665. The van der Waals surface area contributed by atoms with Crippen molar-refractivity contribution >= 4 is 0 Å². The molecule has 0 unspecified atom stereocenters. The summed E-state index contributed by atoms with van der Waals surface area (Å²) in [6.07, 6.45) is 4.69. The predicted octanol–water partition coefficient (Wildman–Crippen LogP) is 2.36. The van der Waals surface area contributed by atoms with Crippen LogP contribution in [-0.4, -0.2) is 26.5 Å². The molecule has 0 fully saturated rings. The molecule has 0 aliphatic carbocycles. The molecular weight excluding hydrogens is 250 g/mol. The highest BCUT2D eigenvalue weighted by Crippen LogP contribution is 2.15. The molecule has 0 amide bonds. The van der Waals surface area contributed by atoms with Gasteiger partial charge in [0, 0.05) is 35.9 Å². The van der Waals surface area contributed by atoms with Gasteiger partial charge >= 0.3 is 0 Å². The molecule has 0 radical (unpaired) electrons. The van der Waals surface area contributed by atoms with Gasteiger partial charge < -0.3 is 5.32 Å². The van der Waals surface area contributed by atoms with Gasteiger partial charge in [0.05, 0.1) is 0 Å². The van der Waals surface area contributed by atoms with Crippen LogP contribution in [0.4, 0.5) is 0 Å². The Labute approximate surface area is 119 Å². The molecule has 2 aromatic heterocycles. The van der Waals surface area contributed by atoms with Gasteiger partial charge in [0.25, 0.3) is 0 Å². The number of nitrogens with zero attached hydrogens (tertiary/aromatic N) is 4. The number of hydrogen-bond donors (Lipinski definition) is 1. The van der Waals surface area contributed by atoms with Crippen molar-refractivity contribution < 1.29 is 0 Å². The van der Waals surface area contributed by atoms with E-state index in [2.05, 4.69) is 32.2 Å². The molecule has 0 aliphatic rings. The Bertz CT molecular complexity index is 554. The van der Waals surface area contributed by atoms with Crippen LogP contribution < -0.4 is 5.32 Å².